The lowest BCUT2D eigenvalue weighted by atomic mass is 10.2. The maximum atomic E-state index is 11.8. The molecule has 0 unspecified atom stereocenters. The quantitative estimate of drug-likeness (QED) is 0.581. The largest absolute Gasteiger partial charge is 0.318 e. The number of aromatic nitrogens is 1. The van der Waals surface area contributed by atoms with Crippen molar-refractivity contribution in [3.63, 3.8) is 0 Å². The van der Waals surface area contributed by atoms with Crippen molar-refractivity contribution in [1.82, 2.24) is 9.88 Å². The van der Waals surface area contributed by atoms with Gasteiger partial charge in [-0.3, -0.25) is 4.79 Å². The topological polar surface area (TPSA) is 34.0 Å². The van der Waals surface area contributed by atoms with Gasteiger partial charge in [0.05, 0.1) is 4.91 Å². The summed E-state index contributed by atoms with van der Waals surface area (Å²) in [5, 5.41) is 2.65. The number of rotatable bonds is 2. The molecule has 2 aromatic rings. The van der Waals surface area contributed by atoms with Gasteiger partial charge in [-0.15, -0.1) is 0 Å². The Kier molecular flexibility index (Phi) is 4.49. The van der Waals surface area contributed by atoms with Gasteiger partial charge >= 0.3 is 0 Å². The zero-order chi connectivity index (χ0) is 16.7. The molecule has 0 atom stereocenters. The van der Waals surface area contributed by atoms with Crippen LogP contribution in [0.2, 0.25) is 0 Å². The summed E-state index contributed by atoms with van der Waals surface area (Å²) in [4.78, 5) is 12.5. The second kappa shape index (κ2) is 6.26. The second-order valence-corrected chi connectivity index (χ2v) is 8.02. The Hall–Kier alpha value is -1.37. The van der Waals surface area contributed by atoms with Crippen molar-refractivity contribution in [3.05, 3.63) is 56.2 Å². The zero-order valence-corrected chi connectivity index (χ0v) is 16.2. The Morgan fingerprint density at radius 2 is 2.00 bits per heavy atom. The molecule has 6 heteroatoms. The van der Waals surface area contributed by atoms with E-state index in [1.807, 2.05) is 6.08 Å². The second-order valence-electron chi connectivity index (χ2n) is 5.45. The molecular formula is C17H15BrN2OS2. The SMILES string of the molecule is Cc1cc(-n2c(C)cc(/C=C3\SC(=S)NC3=O)c2C)ccc1Br. The van der Waals surface area contributed by atoms with Gasteiger partial charge in [-0.2, -0.15) is 0 Å². The molecule has 1 saturated heterocycles. The van der Waals surface area contributed by atoms with Crippen LogP contribution in [0.25, 0.3) is 11.8 Å². The molecule has 23 heavy (non-hydrogen) atoms. The highest BCUT2D eigenvalue weighted by molar-refractivity contribution is 9.10. The molecule has 1 amide bonds. The Balaban J connectivity index is 2.06. The predicted molar refractivity (Wildman–Crippen MR) is 104 cm³/mol. The number of halogens is 1. The van der Waals surface area contributed by atoms with Crippen molar-refractivity contribution < 1.29 is 4.79 Å². The Bertz CT molecular complexity index is 868. The van der Waals surface area contributed by atoms with Gasteiger partial charge in [0.15, 0.2) is 0 Å². The first-order valence-corrected chi connectivity index (χ1v) is 9.09. The number of thioether (sulfide) groups is 1. The van der Waals surface area contributed by atoms with Crippen LogP contribution in [0.4, 0.5) is 0 Å². The highest BCUT2D eigenvalue weighted by atomic mass is 79.9. The Labute approximate surface area is 153 Å². The zero-order valence-electron chi connectivity index (χ0n) is 12.9. The number of hydrogen-bond acceptors (Lipinski definition) is 3. The smallest absolute Gasteiger partial charge is 0.263 e. The van der Waals surface area contributed by atoms with Crippen molar-refractivity contribution in [3.8, 4) is 5.69 Å². The molecule has 0 saturated carbocycles. The molecule has 3 rings (SSSR count). The van der Waals surface area contributed by atoms with E-state index in [-0.39, 0.29) is 5.91 Å². The van der Waals surface area contributed by atoms with E-state index in [1.165, 1.54) is 17.3 Å². The van der Waals surface area contributed by atoms with E-state index in [1.54, 1.807) is 0 Å². The summed E-state index contributed by atoms with van der Waals surface area (Å²) in [6.45, 7) is 6.20. The lowest BCUT2D eigenvalue weighted by Gasteiger charge is -2.11. The Morgan fingerprint density at radius 3 is 2.61 bits per heavy atom. The molecule has 1 aromatic heterocycles. The number of carbonyl (C=O) groups excluding carboxylic acids is 1. The molecule has 0 spiro atoms. The molecule has 1 fully saturated rings. The number of carbonyl (C=O) groups is 1. The third-order valence-corrected chi connectivity index (χ3v) is 5.85. The van der Waals surface area contributed by atoms with Crippen LogP contribution in [0.15, 0.2) is 33.6 Å². The summed E-state index contributed by atoms with van der Waals surface area (Å²) in [6.07, 6.45) is 1.91. The maximum Gasteiger partial charge on any atom is 0.263 e. The van der Waals surface area contributed by atoms with Crippen LogP contribution in [0.5, 0.6) is 0 Å². The first kappa shape index (κ1) is 16.5. The third kappa shape index (κ3) is 3.16. The first-order chi connectivity index (χ1) is 10.9. The molecule has 1 aliphatic rings. The number of benzene rings is 1. The number of amides is 1. The van der Waals surface area contributed by atoms with Crippen LogP contribution in [-0.4, -0.2) is 14.8 Å². The molecule has 0 aliphatic carbocycles. The summed E-state index contributed by atoms with van der Waals surface area (Å²) < 4.78 is 3.80. The number of nitrogens with one attached hydrogen (secondary N) is 1. The normalized spacial score (nSPS) is 16.3. The molecule has 1 aliphatic heterocycles. The van der Waals surface area contributed by atoms with E-state index in [4.69, 9.17) is 12.2 Å². The van der Waals surface area contributed by atoms with Crippen LogP contribution in [0, 0.1) is 20.8 Å². The van der Waals surface area contributed by atoms with Gasteiger partial charge in [0, 0.05) is 21.5 Å². The van der Waals surface area contributed by atoms with Crippen molar-refractivity contribution in [1.29, 1.82) is 0 Å². The van der Waals surface area contributed by atoms with Gasteiger partial charge in [-0.1, -0.05) is 39.9 Å². The van der Waals surface area contributed by atoms with Gasteiger partial charge in [0.1, 0.15) is 4.32 Å². The third-order valence-electron chi connectivity index (χ3n) is 3.80. The minimum Gasteiger partial charge on any atom is -0.318 e. The molecular weight excluding hydrogens is 392 g/mol. The van der Waals surface area contributed by atoms with Crippen LogP contribution >= 0.6 is 39.9 Å². The minimum absolute atomic E-state index is 0.121. The van der Waals surface area contributed by atoms with Crippen LogP contribution in [0.1, 0.15) is 22.5 Å². The van der Waals surface area contributed by atoms with E-state index in [2.05, 4.69) is 70.9 Å². The summed E-state index contributed by atoms with van der Waals surface area (Å²) in [6, 6.07) is 8.38. The molecule has 1 N–H and O–H groups in total. The van der Waals surface area contributed by atoms with E-state index in [9.17, 15) is 4.79 Å². The van der Waals surface area contributed by atoms with E-state index >= 15 is 0 Å². The van der Waals surface area contributed by atoms with Gasteiger partial charge < -0.3 is 9.88 Å². The van der Waals surface area contributed by atoms with Crippen molar-refractivity contribution in [2.75, 3.05) is 0 Å². The summed E-state index contributed by atoms with van der Waals surface area (Å²) in [5.41, 5.74) is 5.56. The van der Waals surface area contributed by atoms with Gasteiger partial charge in [-0.05, 0) is 62.2 Å². The summed E-state index contributed by atoms with van der Waals surface area (Å²) in [5.74, 6) is -0.121. The molecule has 3 nitrogen and oxygen atoms in total. The molecule has 1 aromatic carbocycles. The lowest BCUT2D eigenvalue weighted by Crippen LogP contribution is -2.17. The predicted octanol–water partition coefficient (Wildman–Crippen LogP) is 4.65. The lowest BCUT2D eigenvalue weighted by molar-refractivity contribution is -0.115. The average molecular weight is 407 g/mol. The van der Waals surface area contributed by atoms with E-state index < -0.39 is 0 Å². The highest BCUT2D eigenvalue weighted by Crippen LogP contribution is 2.30. The van der Waals surface area contributed by atoms with Gasteiger partial charge in [-0.25, -0.2) is 0 Å². The minimum atomic E-state index is -0.121. The number of thiocarbonyl (C=S) groups is 1. The monoisotopic (exact) mass is 406 g/mol. The van der Waals surface area contributed by atoms with Gasteiger partial charge in [0.2, 0.25) is 0 Å². The molecule has 118 valence electrons. The first-order valence-electron chi connectivity index (χ1n) is 7.07. The average Bonchev–Trinajstić information content (AvgIpc) is 2.93. The number of aryl methyl sites for hydroxylation is 2. The fraction of sp³-hybridized carbons (Fsp3) is 0.176. The summed E-state index contributed by atoms with van der Waals surface area (Å²) in [7, 11) is 0. The van der Waals surface area contributed by atoms with Crippen molar-refractivity contribution >= 4 is 56.2 Å². The van der Waals surface area contributed by atoms with E-state index in [0.29, 0.717) is 9.23 Å². The standard InChI is InChI=1S/C17H15BrN2OS2/c1-9-6-13(4-5-14(9)18)20-10(2)7-12(11(20)3)8-15-16(21)19-17(22)23-15/h4-8H,1-3H3,(H,19,21,22)/b15-8-. The van der Waals surface area contributed by atoms with Crippen molar-refractivity contribution in [2.45, 2.75) is 20.8 Å². The molecule has 2 heterocycles. The number of hydrogen-bond donors (Lipinski definition) is 1. The van der Waals surface area contributed by atoms with Crippen LogP contribution in [-0.2, 0) is 4.79 Å². The van der Waals surface area contributed by atoms with Crippen LogP contribution < -0.4 is 5.32 Å². The molecule has 0 bridgehead atoms. The van der Waals surface area contributed by atoms with E-state index in [0.717, 1.165) is 27.1 Å². The van der Waals surface area contributed by atoms with Crippen LogP contribution in [0.3, 0.4) is 0 Å². The highest BCUT2D eigenvalue weighted by Gasteiger charge is 2.23. The van der Waals surface area contributed by atoms with Crippen molar-refractivity contribution in [2.24, 2.45) is 0 Å². The Morgan fingerprint density at radius 1 is 1.26 bits per heavy atom. The van der Waals surface area contributed by atoms with Gasteiger partial charge in [0.25, 0.3) is 5.91 Å². The number of nitrogens with zero attached hydrogens (tertiary/aromatic N) is 1. The molecule has 0 radical (unpaired) electrons. The maximum absolute atomic E-state index is 11.8. The fourth-order valence-electron chi connectivity index (χ4n) is 2.66. The fourth-order valence-corrected chi connectivity index (χ4v) is 3.94. The summed E-state index contributed by atoms with van der Waals surface area (Å²) >= 11 is 9.88.